The third-order valence-electron chi connectivity index (χ3n) is 5.84. The van der Waals surface area contributed by atoms with E-state index in [9.17, 15) is 14.0 Å². The summed E-state index contributed by atoms with van der Waals surface area (Å²) < 4.78 is 24.4. The molecule has 0 fully saturated rings. The summed E-state index contributed by atoms with van der Waals surface area (Å²) in [4.78, 5) is 28.0. The molecule has 0 radical (unpaired) electrons. The van der Waals surface area contributed by atoms with Crippen LogP contribution in [0.5, 0.6) is 5.75 Å². The lowest BCUT2D eigenvalue weighted by molar-refractivity contribution is -0.138. The molecule has 1 amide bonds. The molecule has 0 aliphatic heterocycles. The number of ether oxygens (including phenoxy) is 1. The number of unbranched alkanes of at least 4 members (excludes halogenated alkanes) is 3. The Labute approximate surface area is 220 Å². The maximum atomic E-state index is 13.2. The average Bonchev–Trinajstić information content (AvgIpc) is 3.42. The molecule has 0 atom stereocenters. The number of halogens is 1. The van der Waals surface area contributed by atoms with Gasteiger partial charge in [-0.05, 0) is 61.2 Å². The lowest BCUT2D eigenvalue weighted by atomic mass is 10.0. The molecule has 2 aromatic heterocycles. The first-order valence-corrected chi connectivity index (χ1v) is 12.6. The van der Waals surface area contributed by atoms with Crippen molar-refractivity contribution < 1.29 is 23.1 Å². The third kappa shape index (κ3) is 8.33. The minimum Gasteiger partial charge on any atom is -0.487 e. The molecular formula is C29H29FN4O4. The van der Waals surface area contributed by atoms with E-state index in [-0.39, 0.29) is 31.4 Å². The van der Waals surface area contributed by atoms with Gasteiger partial charge in [0.2, 0.25) is 23.5 Å². The molecule has 2 aromatic carbocycles. The number of ketones is 1. The smallest absolute Gasteiger partial charge is 0.287 e. The number of rotatable bonds is 14. The van der Waals surface area contributed by atoms with E-state index in [2.05, 4.69) is 32.6 Å². The second-order valence-electron chi connectivity index (χ2n) is 8.77. The summed E-state index contributed by atoms with van der Waals surface area (Å²) in [6.45, 7) is 0.102. The number of hydrogen-bond acceptors (Lipinski definition) is 7. The van der Waals surface area contributed by atoms with Crippen molar-refractivity contribution in [3.8, 4) is 17.2 Å². The molecule has 196 valence electrons. The highest BCUT2D eigenvalue weighted by molar-refractivity contribution is 6.36. The summed E-state index contributed by atoms with van der Waals surface area (Å²) >= 11 is 0. The highest BCUT2D eigenvalue weighted by atomic mass is 19.1. The summed E-state index contributed by atoms with van der Waals surface area (Å²) in [6, 6.07) is 21.8. The van der Waals surface area contributed by atoms with Gasteiger partial charge >= 0.3 is 0 Å². The zero-order valence-electron chi connectivity index (χ0n) is 20.9. The number of pyridine rings is 1. The first kappa shape index (κ1) is 26.7. The van der Waals surface area contributed by atoms with Gasteiger partial charge in [0, 0.05) is 12.0 Å². The molecule has 4 aromatic rings. The Balaban J connectivity index is 1.14. The zero-order valence-corrected chi connectivity index (χ0v) is 20.9. The zero-order chi connectivity index (χ0) is 26.6. The Morgan fingerprint density at radius 1 is 0.868 bits per heavy atom. The molecule has 8 nitrogen and oxygen atoms in total. The number of carbonyl (C=O) groups excluding carboxylic acids is 2. The molecule has 0 aliphatic rings. The predicted octanol–water partition coefficient (Wildman–Crippen LogP) is 5.23. The van der Waals surface area contributed by atoms with Crippen molar-refractivity contribution >= 4 is 11.7 Å². The second kappa shape index (κ2) is 13.8. The Kier molecular flexibility index (Phi) is 9.67. The van der Waals surface area contributed by atoms with Gasteiger partial charge in [-0.2, -0.15) is 4.39 Å². The van der Waals surface area contributed by atoms with Gasteiger partial charge in [0.15, 0.2) is 0 Å². The Morgan fingerprint density at radius 2 is 1.66 bits per heavy atom. The Morgan fingerprint density at radius 3 is 2.45 bits per heavy atom. The molecule has 2 heterocycles. The highest BCUT2D eigenvalue weighted by Gasteiger charge is 2.15. The van der Waals surface area contributed by atoms with Crippen LogP contribution < -0.4 is 10.1 Å². The summed E-state index contributed by atoms with van der Waals surface area (Å²) in [5.74, 6) is -0.616. The van der Waals surface area contributed by atoms with Crippen LogP contribution in [0.25, 0.3) is 11.5 Å². The van der Waals surface area contributed by atoms with Crippen molar-refractivity contribution in [1.29, 1.82) is 0 Å². The number of nitrogens with zero attached hydrogens (tertiary/aromatic N) is 3. The molecule has 0 saturated heterocycles. The van der Waals surface area contributed by atoms with Crippen molar-refractivity contribution in [2.45, 2.75) is 51.7 Å². The van der Waals surface area contributed by atoms with Crippen LogP contribution >= 0.6 is 0 Å². The van der Waals surface area contributed by atoms with E-state index in [1.54, 1.807) is 36.4 Å². The number of Topliss-reactive ketones (excluding diaryl/α,β-unsaturated/α-hetero) is 1. The standard InChI is InChI=1S/C29H29FN4O4/c30-26-14-8-12-23(32-26)20-37-24-17-15-22(16-18-24)29-34-33-27(38-29)19-31-28(36)25(35)13-7-2-1-4-9-21-10-5-3-6-11-21/h3,5-6,8,10-12,14-18H,1-2,4,7,9,13,19-20H2,(H,31,36). The van der Waals surface area contributed by atoms with Gasteiger partial charge in [-0.15, -0.1) is 10.2 Å². The van der Waals surface area contributed by atoms with Crippen molar-refractivity contribution in [3.63, 3.8) is 0 Å². The summed E-state index contributed by atoms with van der Waals surface area (Å²) in [5, 5.41) is 10.5. The fourth-order valence-corrected chi connectivity index (χ4v) is 3.80. The SMILES string of the molecule is O=C(CCCCCCc1ccccc1)C(=O)NCc1nnc(-c2ccc(OCc3cccc(F)n3)cc2)o1. The van der Waals surface area contributed by atoms with E-state index >= 15 is 0 Å². The van der Waals surface area contributed by atoms with Crippen molar-refractivity contribution in [2.75, 3.05) is 0 Å². The molecule has 1 N–H and O–H groups in total. The van der Waals surface area contributed by atoms with E-state index in [1.807, 2.05) is 18.2 Å². The molecule has 38 heavy (non-hydrogen) atoms. The molecule has 0 saturated carbocycles. The quantitative estimate of drug-likeness (QED) is 0.139. The topological polar surface area (TPSA) is 107 Å². The van der Waals surface area contributed by atoms with Crippen LogP contribution in [-0.4, -0.2) is 26.9 Å². The van der Waals surface area contributed by atoms with E-state index in [1.165, 1.54) is 11.6 Å². The van der Waals surface area contributed by atoms with E-state index < -0.39 is 17.6 Å². The lowest BCUT2D eigenvalue weighted by Crippen LogP contribution is -2.30. The minimum atomic E-state index is -0.650. The van der Waals surface area contributed by atoms with Crippen LogP contribution in [0.2, 0.25) is 0 Å². The van der Waals surface area contributed by atoms with E-state index in [4.69, 9.17) is 9.15 Å². The number of hydrogen-bond donors (Lipinski definition) is 1. The maximum Gasteiger partial charge on any atom is 0.287 e. The first-order valence-electron chi connectivity index (χ1n) is 12.6. The van der Waals surface area contributed by atoms with Gasteiger partial charge in [-0.3, -0.25) is 9.59 Å². The van der Waals surface area contributed by atoms with Gasteiger partial charge in [-0.1, -0.05) is 49.2 Å². The summed E-state index contributed by atoms with van der Waals surface area (Å²) in [7, 11) is 0. The first-order chi connectivity index (χ1) is 18.6. The number of nitrogens with one attached hydrogen (secondary N) is 1. The van der Waals surface area contributed by atoms with Crippen LogP contribution in [0.1, 0.15) is 49.3 Å². The minimum absolute atomic E-state index is 0.0313. The van der Waals surface area contributed by atoms with Gasteiger partial charge in [0.1, 0.15) is 12.4 Å². The fraction of sp³-hybridized carbons (Fsp3) is 0.276. The van der Waals surface area contributed by atoms with Crippen molar-refractivity contribution in [1.82, 2.24) is 20.5 Å². The number of amides is 1. The van der Waals surface area contributed by atoms with Crippen molar-refractivity contribution in [2.24, 2.45) is 0 Å². The van der Waals surface area contributed by atoms with Crippen LogP contribution in [0.15, 0.2) is 77.2 Å². The number of carbonyl (C=O) groups is 2. The van der Waals surface area contributed by atoms with Crippen LogP contribution in [0, 0.1) is 5.95 Å². The monoisotopic (exact) mass is 516 g/mol. The van der Waals surface area contributed by atoms with E-state index in [0.29, 0.717) is 23.4 Å². The molecule has 0 unspecified atom stereocenters. The molecule has 0 aliphatic carbocycles. The fourth-order valence-electron chi connectivity index (χ4n) is 3.80. The number of aromatic nitrogens is 3. The third-order valence-corrected chi connectivity index (χ3v) is 5.84. The average molecular weight is 517 g/mol. The van der Waals surface area contributed by atoms with Crippen LogP contribution in [0.4, 0.5) is 4.39 Å². The lowest BCUT2D eigenvalue weighted by Gasteiger charge is -2.06. The van der Waals surface area contributed by atoms with Crippen LogP contribution in [-0.2, 0) is 29.2 Å². The number of benzene rings is 2. The summed E-state index contributed by atoms with van der Waals surface area (Å²) in [6.07, 6.45) is 4.91. The number of aryl methyl sites for hydroxylation is 1. The van der Waals surface area contributed by atoms with Crippen LogP contribution in [0.3, 0.4) is 0 Å². The van der Waals surface area contributed by atoms with Gasteiger partial charge in [0.25, 0.3) is 5.91 Å². The largest absolute Gasteiger partial charge is 0.487 e. The molecule has 4 rings (SSSR count). The molecule has 0 bridgehead atoms. The highest BCUT2D eigenvalue weighted by Crippen LogP contribution is 2.22. The maximum absolute atomic E-state index is 13.2. The Hall–Kier alpha value is -4.40. The molecular weight excluding hydrogens is 487 g/mol. The molecule has 9 heteroatoms. The predicted molar refractivity (Wildman–Crippen MR) is 138 cm³/mol. The normalized spacial score (nSPS) is 10.8. The molecule has 0 spiro atoms. The van der Waals surface area contributed by atoms with Gasteiger partial charge in [-0.25, -0.2) is 4.98 Å². The van der Waals surface area contributed by atoms with Gasteiger partial charge < -0.3 is 14.5 Å². The van der Waals surface area contributed by atoms with Gasteiger partial charge in [0.05, 0.1) is 12.2 Å². The second-order valence-corrected chi connectivity index (χ2v) is 8.77. The summed E-state index contributed by atoms with van der Waals surface area (Å²) in [5.41, 5.74) is 2.46. The Bertz CT molecular complexity index is 1330. The van der Waals surface area contributed by atoms with Crippen molar-refractivity contribution in [3.05, 3.63) is 95.9 Å². The van der Waals surface area contributed by atoms with E-state index in [0.717, 1.165) is 25.7 Å².